The van der Waals surface area contributed by atoms with E-state index in [1.54, 1.807) is 37.2 Å². The van der Waals surface area contributed by atoms with E-state index in [4.69, 9.17) is 15.7 Å². The summed E-state index contributed by atoms with van der Waals surface area (Å²) in [4.78, 5) is 51.3. The molecule has 0 unspecified atom stereocenters. The molecule has 0 aromatic carbocycles. The molecule has 0 aliphatic carbocycles. The van der Waals surface area contributed by atoms with Crippen LogP contribution in [0.2, 0.25) is 0 Å². The van der Waals surface area contributed by atoms with Gasteiger partial charge in [-0.25, -0.2) is 0 Å². The van der Waals surface area contributed by atoms with Crippen molar-refractivity contribution in [1.82, 2.24) is 0 Å². The lowest BCUT2D eigenvalue weighted by molar-refractivity contribution is -0.144. The fourth-order valence-corrected chi connectivity index (χ4v) is 1.55. The number of carbonyl (C=O) groups excluding carboxylic acids is 4. The summed E-state index contributed by atoms with van der Waals surface area (Å²) >= 11 is 14.1. The molecule has 0 rings (SSSR count). The third kappa shape index (κ3) is 122. The molecule has 0 heterocycles. The van der Waals surface area contributed by atoms with Crippen molar-refractivity contribution in [2.24, 2.45) is 0 Å². The van der Waals surface area contributed by atoms with Crippen LogP contribution >= 0.6 is 50.5 Å². The van der Waals surface area contributed by atoms with E-state index in [-0.39, 0.29) is 85.2 Å². The van der Waals surface area contributed by atoms with Crippen molar-refractivity contribution in [3.05, 3.63) is 37.5 Å². The van der Waals surface area contributed by atoms with Gasteiger partial charge in [0.25, 0.3) is 0 Å². The van der Waals surface area contributed by atoms with Crippen LogP contribution in [-0.2, 0) is 38.2 Å². The Morgan fingerprint density at radius 1 is 0.652 bits per heavy atom. The van der Waals surface area contributed by atoms with Gasteiger partial charge < -0.3 is 29.2 Å². The molecule has 0 atom stereocenters. The average molecular weight is 747 g/mol. The molecule has 0 saturated carbocycles. The van der Waals surface area contributed by atoms with Crippen molar-refractivity contribution in [3.63, 3.8) is 0 Å². The fraction of sp³-hybridized carbons (Fsp3) is 0.656. The maximum atomic E-state index is 10.7. The Morgan fingerprint density at radius 2 is 0.978 bits per heavy atom. The highest BCUT2D eigenvalue weighted by Gasteiger charge is 1.98. The molecule has 0 aliphatic rings. The van der Waals surface area contributed by atoms with Gasteiger partial charge in [-0.3, -0.25) is 19.2 Å². The molecule has 0 spiro atoms. The van der Waals surface area contributed by atoms with Crippen LogP contribution in [0.15, 0.2) is 37.5 Å². The lowest BCUT2D eigenvalue weighted by Crippen LogP contribution is -2.03. The Morgan fingerprint density at radius 3 is 1.22 bits per heavy atom. The largest absolute Gasteiger partial charge is 0.481 e. The van der Waals surface area contributed by atoms with E-state index in [0.29, 0.717) is 32.0 Å². The minimum Gasteiger partial charge on any atom is -0.481 e. The second kappa shape index (κ2) is 84.3. The molecule has 0 fully saturated rings. The number of esters is 3. The number of ether oxygens (including phenoxy) is 3. The van der Waals surface area contributed by atoms with Gasteiger partial charge in [0.2, 0.25) is 0 Å². The molecule has 2 N–H and O–H groups in total. The predicted octanol–water partition coefficient (Wildman–Crippen LogP) is 7.17. The number of carboxylic acids is 1. The third-order valence-corrected chi connectivity index (χ3v) is 3.12. The van der Waals surface area contributed by atoms with E-state index in [2.05, 4.69) is 77.9 Å². The van der Waals surface area contributed by atoms with Gasteiger partial charge >= 0.3 is 23.9 Å². The number of hydrogen-bond donors (Lipinski definition) is 6. The van der Waals surface area contributed by atoms with Gasteiger partial charge in [0.05, 0.1) is 26.2 Å². The summed E-state index contributed by atoms with van der Waals surface area (Å²) in [7, 11) is 0. The lowest BCUT2D eigenvalue weighted by Gasteiger charge is -1.97. The van der Waals surface area contributed by atoms with Crippen molar-refractivity contribution in [2.75, 3.05) is 51.5 Å². The first-order valence-corrected chi connectivity index (χ1v) is 17.2. The number of allylic oxidation sites excluding steroid dienone is 4. The molecule has 0 aliphatic heterocycles. The first-order chi connectivity index (χ1) is 24.1. The number of aliphatic hydroxyl groups is 1. The summed E-state index contributed by atoms with van der Waals surface area (Å²) in [5.41, 5.74) is 0. The molecule has 0 radical (unpaired) electrons. The second-order valence-corrected chi connectivity index (χ2v) is 6.25. The Kier molecular flexibility index (Phi) is 98.3. The Bertz CT molecular complexity index is 682. The zero-order valence-electron chi connectivity index (χ0n) is 32.6. The zero-order valence-corrected chi connectivity index (χ0v) is 32.1. The van der Waals surface area contributed by atoms with E-state index < -0.39 is 11.9 Å². The van der Waals surface area contributed by atoms with Gasteiger partial charge in [-0.15, -0.1) is 13.2 Å². The Hall–Kier alpha value is -1.87. The van der Waals surface area contributed by atoms with Crippen LogP contribution < -0.4 is 0 Å². The number of thiol groups is 4. The maximum absolute atomic E-state index is 10.7. The average Bonchev–Trinajstić information content (AvgIpc) is 3.16. The molecular weight excluding hydrogens is 673 g/mol. The van der Waals surface area contributed by atoms with Crippen molar-refractivity contribution in [1.29, 1.82) is 0 Å². The summed E-state index contributed by atoms with van der Waals surface area (Å²) in [5, 5.41) is 15.7. The number of hydrogen-bond acceptors (Lipinski definition) is 13. The molecule has 0 amide bonds. The summed E-state index contributed by atoms with van der Waals surface area (Å²) in [5.74, 6) is -1.62. The second-order valence-electron chi connectivity index (χ2n) is 6.25. The summed E-state index contributed by atoms with van der Waals surface area (Å²) in [6.07, 6.45) is 17.8. The lowest BCUT2D eigenvalue weighted by atomic mass is 10.3. The summed E-state index contributed by atoms with van der Waals surface area (Å²) in [6, 6.07) is 0. The van der Waals surface area contributed by atoms with E-state index >= 15 is 0 Å². The first kappa shape index (κ1) is 53.6. The van der Waals surface area contributed by atoms with Crippen molar-refractivity contribution in [3.8, 4) is 0 Å². The fourth-order valence-electron chi connectivity index (χ4n) is 1.55. The summed E-state index contributed by atoms with van der Waals surface area (Å²) < 4.78 is 40.0. The molecule has 0 aromatic heterocycles. The van der Waals surface area contributed by atoms with Gasteiger partial charge in [-0.05, 0) is 78.8 Å². The molecular formula is C32H66O10S4. The van der Waals surface area contributed by atoms with E-state index in [1.165, 1.54) is 0 Å². The van der Waals surface area contributed by atoms with Crippen LogP contribution in [0.5, 0.6) is 0 Å². The van der Waals surface area contributed by atoms with Crippen LogP contribution in [0.1, 0.15) is 91.4 Å². The number of carboxylic acid groups (broad SMARTS) is 1. The monoisotopic (exact) mass is 746 g/mol. The van der Waals surface area contributed by atoms with Crippen molar-refractivity contribution in [2.45, 2.75) is 85.9 Å². The highest BCUT2D eigenvalue weighted by atomic mass is 32.1. The minimum absolute atomic E-state index is 0.0139. The molecule has 0 saturated heterocycles. The van der Waals surface area contributed by atoms with Crippen molar-refractivity contribution >= 4 is 80.7 Å². The van der Waals surface area contributed by atoms with Gasteiger partial charge in [-0.1, -0.05) is 24.3 Å². The smallest absolute Gasteiger partial charge is 0.306 e. The molecule has 278 valence electrons. The molecule has 14 heteroatoms. The van der Waals surface area contributed by atoms with Gasteiger partial charge in [0.15, 0.2) is 0 Å². The highest BCUT2D eigenvalue weighted by Crippen LogP contribution is 1.93. The van der Waals surface area contributed by atoms with E-state index in [0.717, 1.165) is 6.42 Å². The predicted molar refractivity (Wildman–Crippen MR) is 208 cm³/mol. The molecule has 46 heavy (non-hydrogen) atoms. The third-order valence-electron chi connectivity index (χ3n) is 3.12. The topological polar surface area (TPSA) is 154 Å². The normalized spacial score (nSPS) is 8.83. The zero-order chi connectivity index (χ0) is 41.3. The minimum atomic E-state index is -0.764. The number of aliphatic hydroxyl groups excluding tert-OH is 1. The van der Waals surface area contributed by atoms with Crippen LogP contribution in [0, 0.1) is 0 Å². The maximum Gasteiger partial charge on any atom is 0.306 e. The Labute approximate surface area is 308 Å². The SMILES string of the molecule is C=CCCC(=O)O.CS.CS.CS.CS.[3H]CCO.[3H]CCOC(=O)CCC=C.[3H]CCOC(=O)CCC=CC.[3H]CCOC(=O)CCC=O. The molecule has 0 bridgehead atoms. The van der Waals surface area contributed by atoms with Gasteiger partial charge in [0, 0.05) is 37.8 Å². The van der Waals surface area contributed by atoms with E-state index in [9.17, 15) is 24.0 Å². The van der Waals surface area contributed by atoms with E-state index in [1.807, 2.05) is 19.1 Å². The van der Waals surface area contributed by atoms with Crippen molar-refractivity contribution < 1.29 is 53.9 Å². The standard InChI is InChI=1S/C8H14O2.C7H12O2.C6H10O3.C5H8O2.C2H6O.4CH4S/c1-3-5-6-7-8(9)10-4-2;1-3-5-6-7(8)9-4-2;1-2-9-6(8)4-3-5-7;1-2-3-4-5(6)7;1-2-3;4*1-2/h3,5H,4,6-7H2,1-2H3;3H,1,4-6H2,2H3;5H,2-4H2,1H3;2H,1,3-4H2,(H,6,7);3H,2H2,1H3;4*2H,1H3/i2*2T;1T;;1T;;;;. The number of carbonyl (C=O) groups is 5. The number of rotatable bonds is 15. The number of aliphatic carboxylic acids is 1. The highest BCUT2D eigenvalue weighted by molar-refractivity contribution is 7.79. The quantitative estimate of drug-likeness (QED) is 0.0334. The van der Waals surface area contributed by atoms with Crippen LogP contribution in [0.25, 0.3) is 0 Å². The van der Waals surface area contributed by atoms with Crippen LogP contribution in [0.3, 0.4) is 0 Å². The molecule has 10 nitrogen and oxygen atoms in total. The Balaban J connectivity index is -0.0000000582. The number of aldehydes is 1. The van der Waals surface area contributed by atoms with Gasteiger partial charge in [0.1, 0.15) is 6.29 Å². The van der Waals surface area contributed by atoms with Gasteiger partial charge in [-0.2, -0.15) is 50.5 Å². The molecule has 0 aromatic rings. The van der Waals surface area contributed by atoms with Crippen LogP contribution in [0.4, 0.5) is 0 Å². The first-order valence-electron chi connectivity index (χ1n) is 16.5. The summed E-state index contributed by atoms with van der Waals surface area (Å²) in [6.45, 7) is 9.77. The van der Waals surface area contributed by atoms with Crippen LogP contribution in [-0.4, -0.2) is 91.8 Å².